The molecule has 2 aromatic rings. The lowest BCUT2D eigenvalue weighted by Crippen LogP contribution is -2.37. The summed E-state index contributed by atoms with van der Waals surface area (Å²) in [6, 6.07) is 8.11. The highest BCUT2D eigenvalue weighted by molar-refractivity contribution is 5.97. The van der Waals surface area contributed by atoms with Gasteiger partial charge in [0, 0.05) is 24.5 Å². The van der Waals surface area contributed by atoms with Crippen LogP contribution in [0.5, 0.6) is 5.75 Å². The van der Waals surface area contributed by atoms with Crippen molar-refractivity contribution in [1.82, 2.24) is 4.90 Å². The number of ether oxygens (including phenoxy) is 1. The van der Waals surface area contributed by atoms with Crippen molar-refractivity contribution in [2.75, 3.05) is 24.2 Å². The third-order valence-corrected chi connectivity index (χ3v) is 3.99. The van der Waals surface area contributed by atoms with Gasteiger partial charge in [-0.05, 0) is 44.0 Å². The number of hydrogen-bond acceptors (Lipinski definition) is 3. The minimum Gasteiger partial charge on any atom is -0.406 e. The summed E-state index contributed by atoms with van der Waals surface area (Å²) < 4.78 is 40.7. The van der Waals surface area contributed by atoms with E-state index in [1.165, 1.54) is 19.2 Å². The second kappa shape index (κ2) is 8.85. The number of aryl methyl sites for hydroxylation is 3. The summed E-state index contributed by atoms with van der Waals surface area (Å²) in [5.41, 5.74) is 3.68. The van der Waals surface area contributed by atoms with Gasteiger partial charge in [-0.25, -0.2) is 4.79 Å². The van der Waals surface area contributed by atoms with Gasteiger partial charge in [0.2, 0.25) is 5.91 Å². The number of urea groups is 1. The Morgan fingerprint density at radius 3 is 2.24 bits per heavy atom. The summed E-state index contributed by atoms with van der Waals surface area (Å²) >= 11 is 0. The zero-order chi connectivity index (χ0) is 21.8. The van der Waals surface area contributed by atoms with E-state index in [1.54, 1.807) is 0 Å². The highest BCUT2D eigenvalue weighted by atomic mass is 19.4. The molecule has 0 saturated heterocycles. The lowest BCUT2D eigenvalue weighted by molar-refractivity contribution is -0.274. The molecule has 6 nitrogen and oxygen atoms in total. The van der Waals surface area contributed by atoms with Crippen LogP contribution in [0.3, 0.4) is 0 Å². The van der Waals surface area contributed by atoms with Gasteiger partial charge in [0.25, 0.3) is 0 Å². The molecule has 0 fully saturated rings. The summed E-state index contributed by atoms with van der Waals surface area (Å²) in [7, 11) is 1.40. The lowest BCUT2D eigenvalue weighted by atomic mass is 10.1. The van der Waals surface area contributed by atoms with Crippen LogP contribution in [-0.4, -0.2) is 36.8 Å². The Morgan fingerprint density at radius 1 is 1.03 bits per heavy atom. The number of likely N-dealkylation sites (N-methyl/N-ethyl adjacent to an activating group) is 1. The van der Waals surface area contributed by atoms with E-state index in [1.807, 2.05) is 32.9 Å². The molecule has 3 amide bonds. The highest BCUT2D eigenvalue weighted by Crippen LogP contribution is 2.25. The minimum absolute atomic E-state index is 0.106. The highest BCUT2D eigenvalue weighted by Gasteiger charge is 2.31. The first kappa shape index (κ1) is 22.1. The van der Waals surface area contributed by atoms with E-state index in [2.05, 4.69) is 15.4 Å². The summed E-state index contributed by atoms with van der Waals surface area (Å²) in [5, 5.41) is 5.21. The van der Waals surface area contributed by atoms with Crippen molar-refractivity contribution in [3.8, 4) is 5.75 Å². The van der Waals surface area contributed by atoms with E-state index in [9.17, 15) is 22.8 Å². The lowest BCUT2D eigenvalue weighted by Gasteiger charge is -2.19. The van der Waals surface area contributed by atoms with Crippen molar-refractivity contribution in [3.63, 3.8) is 0 Å². The Bertz CT molecular complexity index is 890. The van der Waals surface area contributed by atoms with Crippen LogP contribution in [0.1, 0.15) is 16.7 Å². The topological polar surface area (TPSA) is 70.7 Å². The maximum atomic E-state index is 12.3. The minimum atomic E-state index is -4.83. The van der Waals surface area contributed by atoms with Crippen LogP contribution in [0.2, 0.25) is 0 Å². The molecule has 9 heteroatoms. The molecular weight excluding hydrogens is 387 g/mol. The third-order valence-electron chi connectivity index (χ3n) is 3.99. The van der Waals surface area contributed by atoms with Crippen molar-refractivity contribution in [2.24, 2.45) is 0 Å². The fourth-order valence-electron chi connectivity index (χ4n) is 2.83. The number of carbonyl (C=O) groups excluding carboxylic acids is 2. The number of halogens is 3. The fourth-order valence-corrected chi connectivity index (χ4v) is 2.83. The summed E-state index contributed by atoms with van der Waals surface area (Å²) in [5.74, 6) is -0.854. The second-order valence-corrected chi connectivity index (χ2v) is 6.68. The Kier molecular flexibility index (Phi) is 6.73. The number of anilines is 2. The molecule has 0 spiro atoms. The van der Waals surface area contributed by atoms with Crippen molar-refractivity contribution in [2.45, 2.75) is 27.1 Å². The van der Waals surface area contributed by atoms with E-state index >= 15 is 0 Å². The Morgan fingerprint density at radius 2 is 1.66 bits per heavy atom. The van der Waals surface area contributed by atoms with E-state index in [0.29, 0.717) is 5.69 Å². The Labute approximate surface area is 166 Å². The molecule has 2 rings (SSSR count). The Hall–Kier alpha value is -3.23. The zero-order valence-corrected chi connectivity index (χ0v) is 16.5. The van der Waals surface area contributed by atoms with Crippen LogP contribution in [-0.2, 0) is 4.79 Å². The molecule has 0 aliphatic carbocycles. The van der Waals surface area contributed by atoms with Gasteiger partial charge in [0.05, 0.1) is 0 Å². The predicted octanol–water partition coefficient (Wildman–Crippen LogP) is 4.61. The number of nitrogens with one attached hydrogen (secondary N) is 2. The van der Waals surface area contributed by atoms with E-state index in [-0.39, 0.29) is 12.2 Å². The van der Waals surface area contributed by atoms with Crippen molar-refractivity contribution in [3.05, 3.63) is 53.1 Å². The summed E-state index contributed by atoms with van der Waals surface area (Å²) in [6.07, 6.45) is -4.83. The van der Waals surface area contributed by atoms with Gasteiger partial charge in [-0.15, -0.1) is 13.2 Å². The van der Waals surface area contributed by atoms with Gasteiger partial charge in [0.15, 0.2) is 0 Å². The normalized spacial score (nSPS) is 11.0. The van der Waals surface area contributed by atoms with Crippen LogP contribution < -0.4 is 15.4 Å². The smallest absolute Gasteiger partial charge is 0.406 e. The maximum absolute atomic E-state index is 12.3. The number of amides is 3. The van der Waals surface area contributed by atoms with Crippen LogP contribution >= 0.6 is 0 Å². The molecule has 0 aliphatic rings. The van der Waals surface area contributed by atoms with Crippen molar-refractivity contribution < 1.29 is 27.5 Å². The molecule has 0 saturated carbocycles. The number of benzene rings is 2. The molecule has 2 N–H and O–H groups in total. The molecule has 0 aliphatic heterocycles. The average Bonchev–Trinajstić information content (AvgIpc) is 2.56. The molecule has 0 aromatic heterocycles. The first-order chi connectivity index (χ1) is 13.4. The molecule has 29 heavy (non-hydrogen) atoms. The molecule has 0 heterocycles. The van der Waals surface area contributed by atoms with Gasteiger partial charge in [-0.2, -0.15) is 0 Å². The van der Waals surface area contributed by atoms with Crippen LogP contribution in [0.4, 0.5) is 29.3 Å². The van der Waals surface area contributed by atoms with Crippen molar-refractivity contribution >= 4 is 23.3 Å². The first-order valence-electron chi connectivity index (χ1n) is 8.70. The van der Waals surface area contributed by atoms with Gasteiger partial charge in [-0.3, -0.25) is 4.79 Å². The van der Waals surface area contributed by atoms with Crippen LogP contribution in [0.25, 0.3) is 0 Å². The average molecular weight is 409 g/mol. The first-order valence-corrected chi connectivity index (χ1v) is 8.70. The maximum Gasteiger partial charge on any atom is 0.573 e. The molecule has 156 valence electrons. The van der Waals surface area contributed by atoms with Gasteiger partial charge in [-0.1, -0.05) is 23.8 Å². The fraction of sp³-hybridized carbons (Fsp3) is 0.300. The van der Waals surface area contributed by atoms with Crippen LogP contribution in [0.15, 0.2) is 36.4 Å². The van der Waals surface area contributed by atoms with Gasteiger partial charge >= 0.3 is 12.4 Å². The van der Waals surface area contributed by atoms with E-state index in [0.717, 1.165) is 33.7 Å². The summed E-state index contributed by atoms with van der Waals surface area (Å²) in [4.78, 5) is 25.7. The standard InChI is InChI=1S/C20H22F3N3O3/c1-12-8-13(2)18(14(3)9-12)25-17(27)11-26(4)19(28)24-15-6-5-7-16(10-15)29-20(21,22)23/h5-10H,11H2,1-4H3,(H,24,28)(H,25,27). The number of rotatable bonds is 5. The van der Waals surface area contributed by atoms with Gasteiger partial charge in [0.1, 0.15) is 12.3 Å². The molecule has 2 aromatic carbocycles. The van der Waals surface area contributed by atoms with E-state index < -0.39 is 24.1 Å². The molecule has 0 radical (unpaired) electrons. The number of alkyl halides is 3. The number of hydrogen-bond donors (Lipinski definition) is 2. The van der Waals surface area contributed by atoms with Crippen molar-refractivity contribution in [1.29, 1.82) is 0 Å². The zero-order valence-electron chi connectivity index (χ0n) is 16.5. The van der Waals surface area contributed by atoms with Crippen LogP contribution in [0, 0.1) is 20.8 Å². The molecule has 0 bridgehead atoms. The van der Waals surface area contributed by atoms with Gasteiger partial charge < -0.3 is 20.3 Å². The monoisotopic (exact) mass is 409 g/mol. The van der Waals surface area contributed by atoms with E-state index in [4.69, 9.17) is 0 Å². The quantitative estimate of drug-likeness (QED) is 0.758. The summed E-state index contributed by atoms with van der Waals surface area (Å²) in [6.45, 7) is 5.47. The second-order valence-electron chi connectivity index (χ2n) is 6.68. The molecule has 0 atom stereocenters. The third kappa shape index (κ3) is 6.70. The molecule has 0 unspecified atom stereocenters. The molecular formula is C20H22F3N3O3. The SMILES string of the molecule is Cc1cc(C)c(NC(=O)CN(C)C(=O)Nc2cccc(OC(F)(F)F)c2)c(C)c1. The number of carbonyl (C=O) groups is 2. The number of nitrogens with zero attached hydrogens (tertiary/aromatic N) is 1. The Balaban J connectivity index is 1.97. The predicted molar refractivity (Wildman–Crippen MR) is 104 cm³/mol. The largest absolute Gasteiger partial charge is 0.573 e.